The highest BCUT2D eigenvalue weighted by molar-refractivity contribution is 5.13. The molecular formula is C15H30N4O2. The van der Waals surface area contributed by atoms with E-state index < -0.39 is 0 Å². The number of hydrogen-bond donors (Lipinski definition) is 1. The molecule has 2 N–H and O–H groups in total. The van der Waals surface area contributed by atoms with E-state index in [9.17, 15) is 0 Å². The second-order valence-electron chi connectivity index (χ2n) is 5.18. The maximum Gasteiger partial charge on any atom is 0.0593 e. The standard InChI is InChI=1S/C15H30N4O2/c1-5-20-9-7-19(8-10-21-6-2)15(13(3)16)14-11-17-18(4)12-14/h11-13,15H,5-10,16H2,1-4H3. The van der Waals surface area contributed by atoms with E-state index in [4.69, 9.17) is 15.2 Å². The molecule has 1 heterocycles. The fourth-order valence-corrected chi connectivity index (χ4v) is 2.48. The smallest absolute Gasteiger partial charge is 0.0593 e. The van der Waals surface area contributed by atoms with Crippen molar-refractivity contribution in [2.45, 2.75) is 32.9 Å². The van der Waals surface area contributed by atoms with E-state index in [2.05, 4.69) is 10.00 Å². The third kappa shape index (κ3) is 6.13. The molecule has 1 aromatic rings. The van der Waals surface area contributed by atoms with Gasteiger partial charge >= 0.3 is 0 Å². The van der Waals surface area contributed by atoms with E-state index in [-0.39, 0.29) is 12.1 Å². The van der Waals surface area contributed by atoms with Crippen molar-refractivity contribution in [3.63, 3.8) is 0 Å². The highest BCUT2D eigenvalue weighted by Crippen LogP contribution is 2.22. The van der Waals surface area contributed by atoms with E-state index >= 15 is 0 Å². The summed E-state index contributed by atoms with van der Waals surface area (Å²) in [7, 11) is 1.92. The average molecular weight is 298 g/mol. The normalized spacial score (nSPS) is 14.6. The second kappa shape index (κ2) is 9.89. The fourth-order valence-electron chi connectivity index (χ4n) is 2.48. The molecule has 0 aliphatic carbocycles. The van der Waals surface area contributed by atoms with Gasteiger partial charge in [-0.3, -0.25) is 9.58 Å². The van der Waals surface area contributed by atoms with Crippen molar-refractivity contribution in [3.8, 4) is 0 Å². The van der Waals surface area contributed by atoms with Crippen molar-refractivity contribution in [1.82, 2.24) is 14.7 Å². The summed E-state index contributed by atoms with van der Waals surface area (Å²) in [6, 6.07) is 0.136. The number of rotatable bonds is 11. The Morgan fingerprint density at radius 2 is 1.81 bits per heavy atom. The van der Waals surface area contributed by atoms with Crippen LogP contribution in [0.3, 0.4) is 0 Å². The van der Waals surface area contributed by atoms with Gasteiger partial charge in [-0.05, 0) is 20.8 Å². The van der Waals surface area contributed by atoms with Gasteiger partial charge < -0.3 is 15.2 Å². The molecule has 0 aliphatic rings. The minimum absolute atomic E-state index is 0.0115. The van der Waals surface area contributed by atoms with Gasteiger partial charge in [0.25, 0.3) is 0 Å². The largest absolute Gasteiger partial charge is 0.380 e. The lowest BCUT2D eigenvalue weighted by Crippen LogP contribution is -2.42. The number of aromatic nitrogens is 2. The van der Waals surface area contributed by atoms with Gasteiger partial charge in [-0.2, -0.15) is 5.10 Å². The number of nitrogens with zero attached hydrogens (tertiary/aromatic N) is 3. The molecule has 0 saturated carbocycles. The Morgan fingerprint density at radius 3 is 2.19 bits per heavy atom. The lowest BCUT2D eigenvalue weighted by Gasteiger charge is -2.33. The Bertz CT molecular complexity index is 372. The quantitative estimate of drug-likeness (QED) is 0.622. The molecular weight excluding hydrogens is 268 g/mol. The summed E-state index contributed by atoms with van der Waals surface area (Å²) in [6.45, 7) is 10.6. The monoisotopic (exact) mass is 298 g/mol. The van der Waals surface area contributed by atoms with Gasteiger partial charge in [-0.25, -0.2) is 0 Å². The molecule has 0 amide bonds. The first-order valence-electron chi connectivity index (χ1n) is 7.73. The molecule has 0 aromatic carbocycles. The molecule has 2 unspecified atom stereocenters. The Morgan fingerprint density at radius 1 is 1.24 bits per heavy atom. The van der Waals surface area contributed by atoms with E-state index in [1.165, 1.54) is 0 Å². The Hall–Kier alpha value is -0.950. The van der Waals surface area contributed by atoms with Crippen LogP contribution < -0.4 is 5.73 Å². The van der Waals surface area contributed by atoms with E-state index in [1.807, 2.05) is 44.9 Å². The first-order valence-corrected chi connectivity index (χ1v) is 7.73. The summed E-state index contributed by atoms with van der Waals surface area (Å²) in [5, 5.41) is 4.27. The molecule has 0 fully saturated rings. The summed E-state index contributed by atoms with van der Waals surface area (Å²) >= 11 is 0. The van der Waals surface area contributed by atoms with Crippen LogP contribution in [-0.2, 0) is 16.5 Å². The molecule has 1 rings (SSSR count). The molecule has 0 aliphatic heterocycles. The predicted molar refractivity (Wildman–Crippen MR) is 84.2 cm³/mol. The Balaban J connectivity index is 2.77. The van der Waals surface area contributed by atoms with Crippen LogP contribution in [0.15, 0.2) is 12.4 Å². The average Bonchev–Trinajstić information content (AvgIpc) is 2.85. The number of hydrogen-bond acceptors (Lipinski definition) is 5. The van der Waals surface area contributed by atoms with Crippen molar-refractivity contribution in [2.75, 3.05) is 39.5 Å². The first kappa shape index (κ1) is 18.1. The zero-order valence-corrected chi connectivity index (χ0v) is 13.8. The molecule has 21 heavy (non-hydrogen) atoms. The van der Waals surface area contributed by atoms with Crippen LogP contribution in [0.2, 0.25) is 0 Å². The molecule has 122 valence electrons. The van der Waals surface area contributed by atoms with Gasteiger partial charge in [0, 0.05) is 51.2 Å². The zero-order chi connectivity index (χ0) is 15.7. The van der Waals surface area contributed by atoms with Crippen molar-refractivity contribution in [3.05, 3.63) is 18.0 Å². The molecule has 6 nitrogen and oxygen atoms in total. The third-order valence-corrected chi connectivity index (χ3v) is 3.41. The number of ether oxygens (including phenoxy) is 2. The highest BCUT2D eigenvalue weighted by Gasteiger charge is 2.25. The van der Waals surface area contributed by atoms with Gasteiger partial charge in [0.1, 0.15) is 0 Å². The van der Waals surface area contributed by atoms with Crippen LogP contribution >= 0.6 is 0 Å². The predicted octanol–water partition coefficient (Wildman–Crippen LogP) is 1.18. The Labute approximate surface area is 128 Å². The van der Waals surface area contributed by atoms with Crippen molar-refractivity contribution in [2.24, 2.45) is 12.8 Å². The Kier molecular flexibility index (Phi) is 8.52. The van der Waals surface area contributed by atoms with Gasteiger partial charge in [0.2, 0.25) is 0 Å². The minimum atomic E-state index is 0.0115. The lowest BCUT2D eigenvalue weighted by atomic mass is 10.0. The molecule has 0 saturated heterocycles. The van der Waals surface area contributed by atoms with Crippen LogP contribution in [0.5, 0.6) is 0 Å². The molecule has 1 aromatic heterocycles. The first-order chi connectivity index (χ1) is 10.1. The van der Waals surface area contributed by atoms with E-state index in [1.54, 1.807) is 0 Å². The van der Waals surface area contributed by atoms with Gasteiger partial charge in [0.05, 0.1) is 25.5 Å². The summed E-state index contributed by atoms with van der Waals surface area (Å²) in [5.74, 6) is 0. The van der Waals surface area contributed by atoms with Gasteiger partial charge in [0.15, 0.2) is 0 Å². The van der Waals surface area contributed by atoms with Crippen LogP contribution in [-0.4, -0.2) is 60.2 Å². The topological polar surface area (TPSA) is 65.5 Å². The van der Waals surface area contributed by atoms with Crippen molar-refractivity contribution in [1.29, 1.82) is 0 Å². The summed E-state index contributed by atoms with van der Waals surface area (Å²) in [4.78, 5) is 2.33. The molecule has 0 bridgehead atoms. The highest BCUT2D eigenvalue weighted by atomic mass is 16.5. The van der Waals surface area contributed by atoms with Crippen LogP contribution in [0.1, 0.15) is 32.4 Å². The molecule has 2 atom stereocenters. The fraction of sp³-hybridized carbons (Fsp3) is 0.800. The zero-order valence-electron chi connectivity index (χ0n) is 13.8. The van der Waals surface area contributed by atoms with Crippen LogP contribution in [0, 0.1) is 0 Å². The van der Waals surface area contributed by atoms with E-state index in [0.717, 1.165) is 31.9 Å². The number of nitrogens with two attached hydrogens (primary N) is 1. The molecule has 6 heteroatoms. The SMILES string of the molecule is CCOCCN(CCOCC)C(c1cnn(C)c1)C(C)N. The van der Waals surface area contributed by atoms with Crippen molar-refractivity contribution >= 4 is 0 Å². The van der Waals surface area contributed by atoms with Gasteiger partial charge in [-0.15, -0.1) is 0 Å². The minimum Gasteiger partial charge on any atom is -0.380 e. The molecule has 0 radical (unpaired) electrons. The summed E-state index contributed by atoms with van der Waals surface area (Å²) < 4.78 is 12.8. The lowest BCUT2D eigenvalue weighted by molar-refractivity contribution is 0.0573. The second-order valence-corrected chi connectivity index (χ2v) is 5.18. The summed E-state index contributed by atoms with van der Waals surface area (Å²) in [5.41, 5.74) is 7.37. The maximum atomic E-state index is 6.23. The van der Waals surface area contributed by atoms with Crippen LogP contribution in [0.4, 0.5) is 0 Å². The third-order valence-electron chi connectivity index (χ3n) is 3.41. The summed E-state index contributed by atoms with van der Waals surface area (Å²) in [6.07, 6.45) is 3.92. The molecule has 0 spiro atoms. The van der Waals surface area contributed by atoms with E-state index in [0.29, 0.717) is 13.2 Å². The van der Waals surface area contributed by atoms with Gasteiger partial charge in [-0.1, -0.05) is 0 Å². The maximum absolute atomic E-state index is 6.23. The van der Waals surface area contributed by atoms with Crippen molar-refractivity contribution < 1.29 is 9.47 Å². The number of aryl methyl sites for hydroxylation is 1. The van der Waals surface area contributed by atoms with Crippen LogP contribution in [0.25, 0.3) is 0 Å².